The predicted molar refractivity (Wildman–Crippen MR) is 155 cm³/mol. The monoisotopic (exact) mass is 593 g/mol. The number of hydrogen-bond donors (Lipinski definition) is 0. The van der Waals surface area contributed by atoms with Gasteiger partial charge in [-0.05, 0) is 74.4 Å². The van der Waals surface area contributed by atoms with Crippen LogP contribution in [0.1, 0.15) is 32.8 Å². The molecule has 0 fully saturated rings. The number of aromatic nitrogens is 2. The molecule has 5 aromatic rings. The number of halogens is 2. The van der Waals surface area contributed by atoms with Gasteiger partial charge in [-0.25, -0.2) is 4.98 Å². The Morgan fingerprint density at radius 2 is 1.97 bits per heavy atom. The van der Waals surface area contributed by atoms with Crippen LogP contribution in [0.5, 0.6) is 11.5 Å². The number of nitrogens with zero attached hydrogens (tertiary/aromatic N) is 3. The summed E-state index contributed by atoms with van der Waals surface area (Å²) in [7, 11) is 0. The zero-order valence-electron chi connectivity index (χ0n) is 21.1. The van der Waals surface area contributed by atoms with Crippen LogP contribution in [-0.2, 0) is 0 Å². The van der Waals surface area contributed by atoms with Gasteiger partial charge in [0.25, 0.3) is 5.56 Å². The van der Waals surface area contributed by atoms with Gasteiger partial charge in [0.2, 0.25) is 5.82 Å². The summed E-state index contributed by atoms with van der Waals surface area (Å²) in [5.41, 5.74) is 1.53. The Bertz CT molecular complexity index is 1730. The summed E-state index contributed by atoms with van der Waals surface area (Å²) in [6, 6.07) is 18.2. The summed E-state index contributed by atoms with van der Waals surface area (Å²) in [6.07, 6.45) is 2.34. The van der Waals surface area contributed by atoms with Gasteiger partial charge in [-0.15, -0.1) is 0 Å². The van der Waals surface area contributed by atoms with Crippen molar-refractivity contribution in [3.63, 3.8) is 0 Å². The van der Waals surface area contributed by atoms with Gasteiger partial charge in [-0.3, -0.25) is 4.79 Å². The lowest BCUT2D eigenvalue weighted by Crippen LogP contribution is -2.20. The second-order valence-electron chi connectivity index (χ2n) is 8.71. The van der Waals surface area contributed by atoms with Crippen molar-refractivity contribution in [3.8, 4) is 23.1 Å². The topological polar surface area (TPSA) is 78.9 Å². The summed E-state index contributed by atoms with van der Waals surface area (Å²) in [5.74, 6) is 1.70. The van der Waals surface area contributed by atoms with Crippen molar-refractivity contribution in [2.45, 2.75) is 33.3 Å². The van der Waals surface area contributed by atoms with Crippen molar-refractivity contribution in [1.29, 1.82) is 0 Å². The van der Waals surface area contributed by atoms with Crippen LogP contribution in [0.25, 0.3) is 33.5 Å². The zero-order chi connectivity index (χ0) is 26.8. The molecule has 2 heterocycles. The quantitative estimate of drug-likeness (QED) is 0.172. The van der Waals surface area contributed by atoms with Crippen LogP contribution in [0.2, 0.25) is 5.02 Å². The molecule has 0 aliphatic heterocycles. The van der Waals surface area contributed by atoms with Gasteiger partial charge in [-0.1, -0.05) is 46.6 Å². The standard InChI is InChI=1S/C29H25BrClN3O4/c1-4-17(3)37-27-22(31)12-18(13-25(27)36-5-2)16-32-34-28(33-23-9-7-6-8-21(23)29(34)35)26-15-19-14-20(30)10-11-24(19)38-26/h6-17H,4-5H2,1-3H3/t17-/m0/s1. The second-order valence-corrected chi connectivity index (χ2v) is 10.0. The molecule has 0 amide bonds. The molecule has 0 bridgehead atoms. The highest BCUT2D eigenvalue weighted by Crippen LogP contribution is 2.37. The molecule has 0 aliphatic rings. The summed E-state index contributed by atoms with van der Waals surface area (Å²) in [6.45, 7) is 6.33. The van der Waals surface area contributed by atoms with Gasteiger partial charge >= 0.3 is 0 Å². The highest BCUT2D eigenvalue weighted by atomic mass is 79.9. The average molecular weight is 595 g/mol. The molecule has 7 nitrogen and oxygen atoms in total. The number of hydrogen-bond acceptors (Lipinski definition) is 6. The molecule has 0 radical (unpaired) electrons. The van der Waals surface area contributed by atoms with Crippen LogP contribution in [0.15, 0.2) is 79.4 Å². The molecule has 3 aromatic carbocycles. The second kappa shape index (κ2) is 11.0. The van der Waals surface area contributed by atoms with Gasteiger partial charge in [0.1, 0.15) is 5.58 Å². The first-order valence-electron chi connectivity index (χ1n) is 12.3. The van der Waals surface area contributed by atoms with Crippen LogP contribution in [0.3, 0.4) is 0 Å². The first-order chi connectivity index (χ1) is 18.4. The minimum Gasteiger partial charge on any atom is -0.490 e. The summed E-state index contributed by atoms with van der Waals surface area (Å²) < 4.78 is 20.0. The van der Waals surface area contributed by atoms with E-state index in [0.29, 0.717) is 50.9 Å². The van der Waals surface area contributed by atoms with E-state index in [2.05, 4.69) is 21.0 Å². The molecule has 38 heavy (non-hydrogen) atoms. The van der Waals surface area contributed by atoms with E-state index in [4.69, 9.17) is 30.5 Å². The smallest absolute Gasteiger partial charge is 0.282 e. The third-order valence-electron chi connectivity index (χ3n) is 6.00. The fraction of sp³-hybridized carbons (Fsp3) is 0.207. The minimum atomic E-state index is -0.323. The molecule has 2 aromatic heterocycles. The Hall–Kier alpha value is -3.62. The molecular formula is C29H25BrClN3O4. The minimum absolute atomic E-state index is 0.0273. The lowest BCUT2D eigenvalue weighted by atomic mass is 10.2. The maximum Gasteiger partial charge on any atom is 0.282 e. The number of para-hydroxylation sites is 1. The summed E-state index contributed by atoms with van der Waals surface area (Å²) in [4.78, 5) is 18.3. The van der Waals surface area contributed by atoms with Crippen LogP contribution < -0.4 is 15.0 Å². The van der Waals surface area contributed by atoms with Crippen molar-refractivity contribution < 1.29 is 13.9 Å². The van der Waals surface area contributed by atoms with Gasteiger partial charge in [0.05, 0.1) is 34.9 Å². The Labute approximate surface area is 232 Å². The number of benzene rings is 3. The molecule has 0 saturated carbocycles. The molecule has 0 unspecified atom stereocenters. The van der Waals surface area contributed by atoms with E-state index in [9.17, 15) is 4.79 Å². The molecule has 0 spiro atoms. The molecule has 0 aliphatic carbocycles. The Morgan fingerprint density at radius 3 is 2.76 bits per heavy atom. The van der Waals surface area contributed by atoms with E-state index in [0.717, 1.165) is 16.3 Å². The first kappa shape index (κ1) is 26.0. The summed E-state index contributed by atoms with van der Waals surface area (Å²) in [5, 5.41) is 6.24. The first-order valence-corrected chi connectivity index (χ1v) is 13.4. The van der Waals surface area contributed by atoms with Crippen LogP contribution in [0.4, 0.5) is 0 Å². The molecule has 0 N–H and O–H groups in total. The zero-order valence-corrected chi connectivity index (χ0v) is 23.4. The molecule has 0 saturated heterocycles. The van der Waals surface area contributed by atoms with Crippen LogP contribution >= 0.6 is 27.5 Å². The number of fused-ring (bicyclic) bond motifs is 2. The van der Waals surface area contributed by atoms with E-state index >= 15 is 0 Å². The van der Waals surface area contributed by atoms with Crippen molar-refractivity contribution in [1.82, 2.24) is 9.66 Å². The maximum absolute atomic E-state index is 13.5. The van der Waals surface area contributed by atoms with Gasteiger partial charge in [0, 0.05) is 9.86 Å². The Balaban J connectivity index is 1.64. The predicted octanol–water partition coefficient (Wildman–Crippen LogP) is 7.68. The lowest BCUT2D eigenvalue weighted by Gasteiger charge is -2.18. The Kier molecular flexibility index (Phi) is 7.53. The van der Waals surface area contributed by atoms with Crippen molar-refractivity contribution in [2.24, 2.45) is 5.10 Å². The van der Waals surface area contributed by atoms with E-state index in [1.165, 1.54) is 4.68 Å². The fourth-order valence-electron chi connectivity index (χ4n) is 3.96. The third-order valence-corrected chi connectivity index (χ3v) is 6.77. The van der Waals surface area contributed by atoms with E-state index in [1.807, 2.05) is 51.1 Å². The SMILES string of the molecule is CCOc1cc(C=Nn2c(-c3cc4cc(Br)ccc4o3)nc3ccccc3c2=O)cc(Cl)c1O[C@@H](C)CC. The lowest BCUT2D eigenvalue weighted by molar-refractivity contribution is 0.203. The highest BCUT2D eigenvalue weighted by Gasteiger charge is 2.18. The van der Waals surface area contributed by atoms with E-state index in [-0.39, 0.29) is 17.5 Å². The average Bonchev–Trinajstić information content (AvgIpc) is 3.33. The largest absolute Gasteiger partial charge is 0.490 e. The molecule has 9 heteroatoms. The molecule has 5 rings (SSSR count). The van der Waals surface area contributed by atoms with Crippen LogP contribution in [-0.4, -0.2) is 28.6 Å². The molecular weight excluding hydrogens is 570 g/mol. The molecule has 1 atom stereocenters. The number of furan rings is 1. The van der Waals surface area contributed by atoms with E-state index in [1.54, 1.807) is 36.5 Å². The molecule has 194 valence electrons. The third kappa shape index (κ3) is 5.19. The summed E-state index contributed by atoms with van der Waals surface area (Å²) >= 11 is 10.1. The van der Waals surface area contributed by atoms with Crippen molar-refractivity contribution >= 4 is 55.6 Å². The number of ether oxygens (including phenoxy) is 2. The normalized spacial score (nSPS) is 12.4. The van der Waals surface area contributed by atoms with Crippen molar-refractivity contribution in [3.05, 3.63) is 86.1 Å². The fourth-order valence-corrected chi connectivity index (χ4v) is 4.61. The maximum atomic E-state index is 13.5. The van der Waals surface area contributed by atoms with Gasteiger partial charge < -0.3 is 13.9 Å². The number of rotatable bonds is 8. The van der Waals surface area contributed by atoms with Gasteiger partial charge in [0.15, 0.2) is 17.3 Å². The van der Waals surface area contributed by atoms with Crippen molar-refractivity contribution in [2.75, 3.05) is 6.61 Å². The van der Waals surface area contributed by atoms with Crippen LogP contribution in [0, 0.1) is 0 Å². The highest BCUT2D eigenvalue weighted by molar-refractivity contribution is 9.10. The van der Waals surface area contributed by atoms with E-state index < -0.39 is 0 Å². The Morgan fingerprint density at radius 1 is 1.16 bits per heavy atom. The van der Waals surface area contributed by atoms with Gasteiger partial charge in [-0.2, -0.15) is 9.78 Å².